The van der Waals surface area contributed by atoms with Crippen LogP contribution in [0.15, 0.2) is 55.1 Å². The summed E-state index contributed by atoms with van der Waals surface area (Å²) in [6.07, 6.45) is 6.72. The molecular formula is C23H20F3N7. The molecule has 1 aliphatic rings. The van der Waals surface area contributed by atoms with E-state index in [-0.39, 0.29) is 12.1 Å². The van der Waals surface area contributed by atoms with Crippen molar-refractivity contribution in [3.8, 4) is 0 Å². The average Bonchev–Trinajstić information content (AvgIpc) is 2.83. The molecule has 7 nitrogen and oxygen atoms in total. The zero-order valence-corrected chi connectivity index (χ0v) is 17.5. The molecule has 0 amide bonds. The lowest BCUT2D eigenvalue weighted by atomic mass is 10.1. The Morgan fingerprint density at radius 1 is 0.818 bits per heavy atom. The number of benzene rings is 1. The summed E-state index contributed by atoms with van der Waals surface area (Å²) < 4.78 is 40.8. The topological polar surface area (TPSA) is 70.1 Å². The lowest BCUT2D eigenvalue weighted by molar-refractivity contribution is 0.245. The smallest absolute Gasteiger partial charge is 0.174 e. The molecule has 4 heterocycles. The Labute approximate surface area is 187 Å². The number of rotatable bonds is 5. The highest BCUT2D eigenvalue weighted by atomic mass is 19.2. The maximum atomic E-state index is 14.1. The standard InChI is InChI=1S/C23H20F3N7/c24-17-11-19(26)18(25)10-15(17)14-32-6-8-33(9-7-32)23-22(29-16-2-1-4-27-12-16)30-21-13-28-5-3-20(21)31-23/h1-5,10-13H,6-9,14H2,(H,29,30). The predicted octanol–water partition coefficient (Wildman–Crippen LogP) is 3.90. The van der Waals surface area contributed by atoms with Crippen LogP contribution in [0.1, 0.15) is 5.56 Å². The monoisotopic (exact) mass is 451 g/mol. The highest BCUT2D eigenvalue weighted by Gasteiger charge is 2.23. The van der Waals surface area contributed by atoms with Crippen molar-refractivity contribution >= 4 is 28.4 Å². The molecule has 0 atom stereocenters. The Bertz CT molecular complexity index is 1280. The number of pyridine rings is 2. The Hall–Kier alpha value is -3.79. The van der Waals surface area contributed by atoms with Gasteiger partial charge in [0.2, 0.25) is 0 Å². The van der Waals surface area contributed by atoms with Crippen LogP contribution in [0.3, 0.4) is 0 Å². The van der Waals surface area contributed by atoms with Crippen molar-refractivity contribution < 1.29 is 13.2 Å². The number of aromatic nitrogens is 4. The van der Waals surface area contributed by atoms with Crippen molar-refractivity contribution in [3.05, 3.63) is 78.1 Å². The molecule has 0 spiro atoms. The molecule has 10 heteroatoms. The maximum absolute atomic E-state index is 14.1. The number of nitrogens with one attached hydrogen (secondary N) is 1. The first kappa shape index (κ1) is 21.1. The summed E-state index contributed by atoms with van der Waals surface area (Å²) in [5, 5.41) is 3.29. The summed E-state index contributed by atoms with van der Waals surface area (Å²) in [6, 6.07) is 7.04. The minimum Gasteiger partial charge on any atom is -0.351 e. The second-order valence-corrected chi connectivity index (χ2v) is 7.75. The first-order valence-electron chi connectivity index (χ1n) is 10.5. The Balaban J connectivity index is 1.36. The van der Waals surface area contributed by atoms with Gasteiger partial charge in [0.25, 0.3) is 0 Å². The van der Waals surface area contributed by atoms with E-state index in [4.69, 9.17) is 9.97 Å². The van der Waals surface area contributed by atoms with Crippen LogP contribution in [0.25, 0.3) is 11.0 Å². The van der Waals surface area contributed by atoms with E-state index >= 15 is 0 Å². The Morgan fingerprint density at radius 2 is 1.61 bits per heavy atom. The van der Waals surface area contributed by atoms with Gasteiger partial charge >= 0.3 is 0 Å². The highest BCUT2D eigenvalue weighted by molar-refractivity contribution is 5.81. The predicted molar refractivity (Wildman–Crippen MR) is 119 cm³/mol. The lowest BCUT2D eigenvalue weighted by Crippen LogP contribution is -2.46. The van der Waals surface area contributed by atoms with Crippen LogP contribution in [0, 0.1) is 17.5 Å². The maximum Gasteiger partial charge on any atom is 0.174 e. The summed E-state index contributed by atoms with van der Waals surface area (Å²) >= 11 is 0. The first-order valence-corrected chi connectivity index (χ1v) is 10.5. The molecule has 3 aromatic heterocycles. The number of piperazine rings is 1. The van der Waals surface area contributed by atoms with E-state index in [1.807, 2.05) is 23.1 Å². The van der Waals surface area contributed by atoms with Gasteiger partial charge in [0.15, 0.2) is 23.3 Å². The second-order valence-electron chi connectivity index (χ2n) is 7.75. The zero-order chi connectivity index (χ0) is 22.8. The molecule has 0 saturated carbocycles. The molecule has 5 rings (SSSR count). The number of halogens is 3. The molecule has 0 aliphatic carbocycles. The van der Waals surface area contributed by atoms with Crippen molar-refractivity contribution in [3.63, 3.8) is 0 Å². The first-order chi connectivity index (χ1) is 16.1. The van der Waals surface area contributed by atoms with Gasteiger partial charge in [-0.2, -0.15) is 0 Å². The van der Waals surface area contributed by atoms with Gasteiger partial charge in [-0.3, -0.25) is 14.9 Å². The third-order valence-electron chi connectivity index (χ3n) is 5.53. The van der Waals surface area contributed by atoms with E-state index in [0.717, 1.165) is 17.3 Å². The minimum absolute atomic E-state index is 0.138. The largest absolute Gasteiger partial charge is 0.351 e. The quantitative estimate of drug-likeness (QED) is 0.462. The van der Waals surface area contributed by atoms with Crippen LogP contribution in [0.5, 0.6) is 0 Å². The van der Waals surface area contributed by atoms with Crippen molar-refractivity contribution in [2.24, 2.45) is 0 Å². The SMILES string of the molecule is Fc1cc(F)c(CN2CCN(c3nc4ccncc4nc3Nc3cccnc3)CC2)cc1F. The van der Waals surface area contributed by atoms with Gasteiger partial charge in [0.05, 0.1) is 23.6 Å². The molecule has 1 aliphatic heterocycles. The molecule has 0 unspecified atom stereocenters. The van der Waals surface area contributed by atoms with Gasteiger partial charge < -0.3 is 10.2 Å². The summed E-state index contributed by atoms with van der Waals surface area (Å²) in [7, 11) is 0. The number of nitrogens with zero attached hydrogens (tertiary/aromatic N) is 6. The van der Waals surface area contributed by atoms with Crippen LogP contribution in [-0.2, 0) is 6.54 Å². The number of hydrogen-bond acceptors (Lipinski definition) is 7. The van der Waals surface area contributed by atoms with Gasteiger partial charge in [0.1, 0.15) is 11.3 Å². The van der Waals surface area contributed by atoms with Crippen LogP contribution < -0.4 is 10.2 Å². The van der Waals surface area contributed by atoms with Crippen LogP contribution >= 0.6 is 0 Å². The molecule has 1 aromatic carbocycles. The number of anilines is 3. The Morgan fingerprint density at radius 3 is 2.39 bits per heavy atom. The third-order valence-corrected chi connectivity index (χ3v) is 5.53. The minimum atomic E-state index is -1.18. The summed E-state index contributed by atoms with van der Waals surface area (Å²) in [4.78, 5) is 21.9. The summed E-state index contributed by atoms with van der Waals surface area (Å²) in [6.45, 7) is 2.62. The number of fused-ring (bicyclic) bond motifs is 1. The van der Waals surface area contributed by atoms with Gasteiger partial charge in [-0.25, -0.2) is 23.1 Å². The van der Waals surface area contributed by atoms with Crippen molar-refractivity contribution in [1.82, 2.24) is 24.8 Å². The molecule has 168 valence electrons. The van der Waals surface area contributed by atoms with Crippen LogP contribution in [0.2, 0.25) is 0 Å². The van der Waals surface area contributed by atoms with E-state index < -0.39 is 17.5 Å². The van der Waals surface area contributed by atoms with E-state index in [2.05, 4.69) is 20.2 Å². The van der Waals surface area contributed by atoms with Crippen LogP contribution in [0.4, 0.5) is 30.5 Å². The molecule has 0 bridgehead atoms. The van der Waals surface area contributed by atoms with Crippen molar-refractivity contribution in [2.45, 2.75) is 6.54 Å². The fraction of sp³-hybridized carbons (Fsp3) is 0.217. The number of hydrogen-bond donors (Lipinski definition) is 1. The fourth-order valence-corrected chi connectivity index (χ4v) is 3.82. The molecule has 33 heavy (non-hydrogen) atoms. The van der Waals surface area contributed by atoms with Gasteiger partial charge in [-0.15, -0.1) is 0 Å². The van der Waals surface area contributed by atoms with Crippen molar-refractivity contribution in [2.75, 3.05) is 36.4 Å². The lowest BCUT2D eigenvalue weighted by Gasteiger charge is -2.36. The van der Waals surface area contributed by atoms with Crippen LogP contribution in [-0.4, -0.2) is 51.0 Å². The molecule has 1 fully saturated rings. The molecule has 1 N–H and O–H groups in total. The van der Waals surface area contributed by atoms with Gasteiger partial charge in [-0.05, 0) is 24.3 Å². The summed E-state index contributed by atoms with van der Waals surface area (Å²) in [5.41, 5.74) is 2.31. The second kappa shape index (κ2) is 8.99. The summed E-state index contributed by atoms with van der Waals surface area (Å²) in [5.74, 6) is -1.69. The normalized spacial score (nSPS) is 14.6. The highest BCUT2D eigenvalue weighted by Crippen LogP contribution is 2.28. The molecule has 4 aromatic rings. The van der Waals surface area contributed by atoms with E-state index in [1.54, 1.807) is 24.8 Å². The van der Waals surface area contributed by atoms with E-state index in [1.165, 1.54) is 0 Å². The third kappa shape index (κ3) is 4.56. The zero-order valence-electron chi connectivity index (χ0n) is 17.5. The fourth-order valence-electron chi connectivity index (χ4n) is 3.82. The van der Waals surface area contributed by atoms with E-state index in [9.17, 15) is 13.2 Å². The van der Waals surface area contributed by atoms with Crippen molar-refractivity contribution in [1.29, 1.82) is 0 Å². The van der Waals surface area contributed by atoms with E-state index in [0.29, 0.717) is 49.4 Å². The molecule has 0 radical (unpaired) electrons. The molecular weight excluding hydrogens is 431 g/mol. The van der Waals surface area contributed by atoms with Gasteiger partial charge in [0, 0.05) is 56.7 Å². The van der Waals surface area contributed by atoms with Gasteiger partial charge in [-0.1, -0.05) is 0 Å². The average molecular weight is 451 g/mol. The molecule has 1 saturated heterocycles. The Kier molecular flexibility index (Phi) is 5.74.